The van der Waals surface area contributed by atoms with Gasteiger partial charge in [-0.05, 0) is 57.6 Å². The molecule has 0 amide bonds. The number of rotatable bonds is 4. The molecule has 2 atom stereocenters. The van der Waals surface area contributed by atoms with Gasteiger partial charge in [0.05, 0.1) is 17.6 Å². The van der Waals surface area contributed by atoms with Crippen molar-refractivity contribution in [2.45, 2.75) is 121 Å². The first-order valence-electron chi connectivity index (χ1n) is 14.1. The second-order valence-electron chi connectivity index (χ2n) is 10.9. The molecule has 3 aliphatic rings. The van der Waals surface area contributed by atoms with Crippen LogP contribution < -0.4 is 5.56 Å². The number of hydrogen-bond acceptors (Lipinski definition) is 5. The predicted molar refractivity (Wildman–Crippen MR) is 139 cm³/mol. The number of para-hydroxylation sites is 2. The maximum Gasteiger partial charge on any atom is 0.362 e. The summed E-state index contributed by atoms with van der Waals surface area (Å²) >= 11 is 0. The Bertz CT molecular complexity index is 1060. The minimum atomic E-state index is -0.615. The van der Waals surface area contributed by atoms with E-state index in [0.29, 0.717) is 23.6 Å². The zero-order valence-electron chi connectivity index (χ0n) is 21.3. The van der Waals surface area contributed by atoms with Crippen LogP contribution in [0.4, 0.5) is 0 Å². The number of nitrogens with zero attached hydrogens (tertiary/aromatic N) is 3. The first-order valence-corrected chi connectivity index (χ1v) is 14.1. The number of hydrogen-bond donors (Lipinski definition) is 0. The van der Waals surface area contributed by atoms with Gasteiger partial charge in [-0.15, -0.1) is 0 Å². The second-order valence-corrected chi connectivity index (χ2v) is 10.9. The van der Waals surface area contributed by atoms with Gasteiger partial charge in [0, 0.05) is 24.2 Å². The van der Waals surface area contributed by atoms with Gasteiger partial charge in [0.2, 0.25) is 5.69 Å². The fraction of sp³-hybridized carbons (Fsp3) is 0.690. The molecular formula is C29H41N3O3. The Morgan fingerprint density at radius 3 is 2.11 bits per heavy atom. The maximum absolute atomic E-state index is 13.6. The van der Waals surface area contributed by atoms with Crippen molar-refractivity contribution in [3.05, 3.63) is 40.3 Å². The molecule has 1 aliphatic carbocycles. The van der Waals surface area contributed by atoms with Crippen LogP contribution in [0.25, 0.3) is 11.0 Å². The minimum absolute atomic E-state index is 0.0783. The molecule has 0 radical (unpaired) electrons. The van der Waals surface area contributed by atoms with Gasteiger partial charge in [0.1, 0.15) is 0 Å². The van der Waals surface area contributed by atoms with Gasteiger partial charge in [-0.1, -0.05) is 63.5 Å². The summed E-state index contributed by atoms with van der Waals surface area (Å²) in [5.41, 5.74) is 1.15. The first-order chi connectivity index (χ1) is 17.2. The van der Waals surface area contributed by atoms with Crippen molar-refractivity contribution in [2.24, 2.45) is 0 Å². The number of ether oxygens (including phenoxy) is 1. The van der Waals surface area contributed by atoms with Gasteiger partial charge in [-0.3, -0.25) is 9.69 Å². The van der Waals surface area contributed by atoms with E-state index < -0.39 is 5.97 Å². The van der Waals surface area contributed by atoms with Crippen molar-refractivity contribution in [2.75, 3.05) is 6.61 Å². The molecule has 2 unspecified atom stereocenters. The van der Waals surface area contributed by atoms with Crippen molar-refractivity contribution in [3.63, 3.8) is 0 Å². The summed E-state index contributed by atoms with van der Waals surface area (Å²) in [6.45, 7) is 1.99. The molecule has 3 fully saturated rings. The highest BCUT2D eigenvalue weighted by Gasteiger charge is 2.42. The van der Waals surface area contributed by atoms with Crippen LogP contribution in [-0.4, -0.2) is 45.2 Å². The number of carbonyl (C=O) groups is 1. The Labute approximate surface area is 209 Å². The molecule has 5 rings (SSSR count). The van der Waals surface area contributed by atoms with E-state index in [1.165, 1.54) is 77.0 Å². The minimum Gasteiger partial charge on any atom is -0.461 e. The number of fused-ring (bicyclic) bond motifs is 3. The SMILES string of the molecule is CCOC(=O)c1nc2ccccc2n(C2CC3CCCC(C2)N3C2CCCCCCCCC2)c1=O. The van der Waals surface area contributed by atoms with Crippen molar-refractivity contribution in [1.82, 2.24) is 14.5 Å². The highest BCUT2D eigenvalue weighted by molar-refractivity contribution is 5.89. The van der Waals surface area contributed by atoms with Crippen LogP contribution in [0.3, 0.4) is 0 Å². The molecule has 1 aromatic carbocycles. The highest BCUT2D eigenvalue weighted by Crippen LogP contribution is 2.42. The number of benzene rings is 1. The largest absolute Gasteiger partial charge is 0.461 e. The Morgan fingerprint density at radius 1 is 0.857 bits per heavy atom. The lowest BCUT2D eigenvalue weighted by Gasteiger charge is -2.53. The molecule has 2 saturated heterocycles. The van der Waals surface area contributed by atoms with Crippen molar-refractivity contribution in [3.8, 4) is 0 Å². The van der Waals surface area contributed by atoms with Crippen molar-refractivity contribution >= 4 is 17.0 Å². The molecule has 2 aliphatic heterocycles. The lowest BCUT2D eigenvalue weighted by molar-refractivity contribution is -0.0239. The van der Waals surface area contributed by atoms with E-state index in [1.807, 2.05) is 28.8 Å². The molecule has 1 aromatic heterocycles. The zero-order chi connectivity index (χ0) is 24.2. The van der Waals surface area contributed by atoms with Gasteiger partial charge in [-0.2, -0.15) is 0 Å². The summed E-state index contributed by atoms with van der Waals surface area (Å²) in [7, 11) is 0. The molecular weight excluding hydrogens is 438 g/mol. The van der Waals surface area contributed by atoms with Gasteiger partial charge in [0.25, 0.3) is 5.56 Å². The van der Waals surface area contributed by atoms with E-state index in [2.05, 4.69) is 9.88 Å². The Balaban J connectivity index is 1.46. The lowest BCUT2D eigenvalue weighted by Crippen LogP contribution is -2.57. The van der Waals surface area contributed by atoms with Crippen LogP contribution in [0, 0.1) is 0 Å². The van der Waals surface area contributed by atoms with Crippen LogP contribution in [-0.2, 0) is 4.74 Å². The summed E-state index contributed by atoms with van der Waals surface area (Å²) < 4.78 is 7.08. The second kappa shape index (κ2) is 11.2. The molecule has 1 saturated carbocycles. The molecule has 6 nitrogen and oxygen atoms in total. The summed E-state index contributed by atoms with van der Waals surface area (Å²) in [6, 6.07) is 9.55. The van der Waals surface area contributed by atoms with E-state index >= 15 is 0 Å². The Kier molecular flexibility index (Phi) is 7.86. The smallest absolute Gasteiger partial charge is 0.362 e. The average molecular weight is 480 g/mol. The van der Waals surface area contributed by atoms with Crippen LogP contribution in [0.1, 0.15) is 113 Å². The molecule has 2 aromatic rings. The Morgan fingerprint density at radius 2 is 1.46 bits per heavy atom. The highest BCUT2D eigenvalue weighted by atomic mass is 16.5. The standard InChI is InChI=1S/C29H41N3O3/c1-2-35-29(34)27-28(33)32(26-18-11-10-17-25(26)30-27)24-19-22-15-12-16-23(20-24)31(22)21-13-8-6-4-3-5-7-9-14-21/h10-11,17-18,21-24H,2-9,12-16,19-20H2,1H3. The van der Waals surface area contributed by atoms with Gasteiger partial charge in [-0.25, -0.2) is 9.78 Å². The molecule has 6 heteroatoms. The third kappa shape index (κ3) is 5.18. The van der Waals surface area contributed by atoms with Gasteiger partial charge in [0.15, 0.2) is 0 Å². The fourth-order valence-corrected chi connectivity index (χ4v) is 7.13. The monoisotopic (exact) mass is 479 g/mol. The van der Waals surface area contributed by atoms with E-state index in [9.17, 15) is 9.59 Å². The molecule has 35 heavy (non-hydrogen) atoms. The maximum atomic E-state index is 13.6. The van der Waals surface area contributed by atoms with Crippen LogP contribution in [0.2, 0.25) is 0 Å². The van der Waals surface area contributed by atoms with Crippen LogP contribution in [0.5, 0.6) is 0 Å². The number of piperidine rings is 2. The normalized spacial score (nSPS) is 26.9. The molecule has 2 bridgehead atoms. The van der Waals surface area contributed by atoms with Crippen LogP contribution >= 0.6 is 0 Å². The van der Waals surface area contributed by atoms with E-state index in [-0.39, 0.29) is 23.9 Å². The number of esters is 1. The van der Waals surface area contributed by atoms with E-state index in [0.717, 1.165) is 18.4 Å². The third-order valence-electron chi connectivity index (χ3n) is 8.63. The van der Waals surface area contributed by atoms with Crippen LogP contribution in [0.15, 0.2) is 29.1 Å². The molecule has 190 valence electrons. The first kappa shape index (κ1) is 24.5. The van der Waals surface area contributed by atoms with Gasteiger partial charge < -0.3 is 9.30 Å². The van der Waals surface area contributed by atoms with Gasteiger partial charge >= 0.3 is 5.97 Å². The summed E-state index contributed by atoms with van der Waals surface area (Å²) in [6.07, 6.45) is 17.9. The number of aromatic nitrogens is 2. The summed E-state index contributed by atoms with van der Waals surface area (Å²) in [5.74, 6) is -0.615. The zero-order valence-corrected chi connectivity index (χ0v) is 21.3. The Hall–Kier alpha value is -2.21. The molecule has 0 N–H and O–H groups in total. The average Bonchev–Trinajstić information content (AvgIpc) is 2.86. The number of carbonyl (C=O) groups excluding carboxylic acids is 1. The summed E-state index contributed by atoms with van der Waals surface area (Å²) in [5, 5.41) is 0. The molecule has 0 spiro atoms. The summed E-state index contributed by atoms with van der Waals surface area (Å²) in [4.78, 5) is 33.6. The van der Waals surface area contributed by atoms with Crippen molar-refractivity contribution < 1.29 is 9.53 Å². The predicted octanol–water partition coefficient (Wildman–Crippen LogP) is 6.02. The van der Waals surface area contributed by atoms with E-state index in [4.69, 9.17) is 4.74 Å². The fourth-order valence-electron chi connectivity index (χ4n) is 7.13. The van der Waals surface area contributed by atoms with E-state index in [1.54, 1.807) is 6.92 Å². The quantitative estimate of drug-likeness (QED) is 0.502. The molecule has 3 heterocycles. The topological polar surface area (TPSA) is 64.4 Å². The third-order valence-corrected chi connectivity index (χ3v) is 8.63. The van der Waals surface area contributed by atoms with Crippen molar-refractivity contribution in [1.29, 1.82) is 0 Å². The lowest BCUT2D eigenvalue weighted by atomic mass is 9.79.